The van der Waals surface area contributed by atoms with Gasteiger partial charge >= 0.3 is 0 Å². The first-order chi connectivity index (χ1) is 9.56. The van der Waals surface area contributed by atoms with Gasteiger partial charge in [0, 0.05) is 10.5 Å². The summed E-state index contributed by atoms with van der Waals surface area (Å²) in [6.45, 7) is 2.03. The lowest BCUT2D eigenvalue weighted by Gasteiger charge is -2.28. The molecular weight excluding hydrogens is 316 g/mol. The molecule has 3 N–H and O–H groups in total. The normalized spacial score (nSPS) is 33.1. The van der Waals surface area contributed by atoms with E-state index in [1.807, 2.05) is 31.2 Å². The van der Waals surface area contributed by atoms with Gasteiger partial charge in [-0.15, -0.1) is 0 Å². The molecule has 108 valence electrons. The van der Waals surface area contributed by atoms with Gasteiger partial charge in [-0.2, -0.15) is 0 Å². The molecule has 0 radical (unpaired) electrons. The Kier molecular flexibility index (Phi) is 3.87. The number of hydrogen-bond acceptors (Lipinski definition) is 2. The molecule has 2 fully saturated rings. The minimum atomic E-state index is 0.0170. The zero-order valence-corrected chi connectivity index (χ0v) is 13.3. The highest BCUT2D eigenvalue weighted by atomic mass is 79.9. The lowest BCUT2D eigenvalue weighted by molar-refractivity contribution is -0.127. The van der Waals surface area contributed by atoms with Gasteiger partial charge in [-0.1, -0.05) is 28.1 Å². The molecule has 2 aliphatic carbocycles. The zero-order chi connectivity index (χ0) is 14.3. The average molecular weight is 337 g/mol. The van der Waals surface area contributed by atoms with Crippen LogP contribution in [0.5, 0.6) is 0 Å². The summed E-state index contributed by atoms with van der Waals surface area (Å²) in [6.07, 6.45) is 3.52. The molecule has 0 aromatic heterocycles. The third kappa shape index (κ3) is 2.51. The third-order valence-electron chi connectivity index (χ3n) is 4.99. The van der Waals surface area contributed by atoms with E-state index >= 15 is 0 Å². The fourth-order valence-electron chi connectivity index (χ4n) is 3.89. The highest BCUT2D eigenvalue weighted by Gasteiger charge is 2.49. The van der Waals surface area contributed by atoms with Crippen molar-refractivity contribution in [3.63, 3.8) is 0 Å². The smallest absolute Gasteiger partial charge is 0.225 e. The van der Waals surface area contributed by atoms with Crippen LogP contribution in [0.4, 0.5) is 0 Å². The fraction of sp³-hybridized carbons (Fsp3) is 0.562. The van der Waals surface area contributed by atoms with Gasteiger partial charge in [0.1, 0.15) is 0 Å². The van der Waals surface area contributed by atoms with Crippen molar-refractivity contribution in [2.45, 2.75) is 38.3 Å². The first kappa shape index (κ1) is 14.1. The summed E-state index contributed by atoms with van der Waals surface area (Å²) in [5.41, 5.74) is 7.35. The second-order valence-electron chi connectivity index (χ2n) is 6.22. The van der Waals surface area contributed by atoms with E-state index in [1.54, 1.807) is 0 Å². The maximum atomic E-state index is 12.5. The molecule has 5 atom stereocenters. The van der Waals surface area contributed by atoms with Crippen LogP contribution in [0.25, 0.3) is 0 Å². The molecule has 3 rings (SSSR count). The summed E-state index contributed by atoms with van der Waals surface area (Å²) in [7, 11) is 0. The van der Waals surface area contributed by atoms with Gasteiger partial charge in [0.2, 0.25) is 5.91 Å². The predicted octanol–water partition coefficient (Wildman–Crippen LogP) is 3.00. The van der Waals surface area contributed by atoms with Gasteiger partial charge in [0.15, 0.2) is 0 Å². The van der Waals surface area contributed by atoms with Gasteiger partial charge in [0.05, 0.1) is 12.0 Å². The molecule has 0 spiro atoms. The molecule has 2 bridgehead atoms. The number of nitrogens with one attached hydrogen (secondary N) is 1. The number of hydrogen-bond donors (Lipinski definition) is 2. The van der Waals surface area contributed by atoms with Crippen LogP contribution in [0.15, 0.2) is 28.7 Å². The first-order valence-electron chi connectivity index (χ1n) is 7.37. The van der Waals surface area contributed by atoms with Crippen molar-refractivity contribution in [1.29, 1.82) is 0 Å². The number of carbonyl (C=O) groups excluding carboxylic acids is 1. The van der Waals surface area contributed by atoms with Crippen molar-refractivity contribution in [3.05, 3.63) is 34.3 Å². The van der Waals surface area contributed by atoms with Crippen LogP contribution in [0.2, 0.25) is 0 Å². The number of amides is 1. The van der Waals surface area contributed by atoms with E-state index in [0.29, 0.717) is 11.8 Å². The summed E-state index contributed by atoms with van der Waals surface area (Å²) in [5, 5.41) is 3.14. The Morgan fingerprint density at radius 3 is 2.80 bits per heavy atom. The Morgan fingerprint density at radius 2 is 2.15 bits per heavy atom. The van der Waals surface area contributed by atoms with Crippen molar-refractivity contribution >= 4 is 21.8 Å². The summed E-state index contributed by atoms with van der Waals surface area (Å²) >= 11 is 3.47. The van der Waals surface area contributed by atoms with Crippen LogP contribution in [-0.4, -0.2) is 11.9 Å². The van der Waals surface area contributed by atoms with Crippen LogP contribution in [0, 0.1) is 17.8 Å². The molecule has 0 saturated heterocycles. The Balaban J connectivity index is 1.67. The lowest BCUT2D eigenvalue weighted by Crippen LogP contribution is -2.45. The first-order valence-corrected chi connectivity index (χ1v) is 8.17. The number of benzene rings is 1. The average Bonchev–Trinajstić information content (AvgIpc) is 2.99. The van der Waals surface area contributed by atoms with Crippen molar-refractivity contribution in [3.8, 4) is 0 Å². The molecule has 0 heterocycles. The highest BCUT2D eigenvalue weighted by molar-refractivity contribution is 9.10. The maximum Gasteiger partial charge on any atom is 0.225 e. The molecule has 1 aromatic rings. The van der Waals surface area contributed by atoms with Crippen molar-refractivity contribution in [2.75, 3.05) is 0 Å². The molecular formula is C16H21BrN2O. The summed E-state index contributed by atoms with van der Waals surface area (Å²) in [4.78, 5) is 12.5. The lowest BCUT2D eigenvalue weighted by atomic mass is 9.84. The van der Waals surface area contributed by atoms with Crippen molar-refractivity contribution in [2.24, 2.45) is 23.5 Å². The Morgan fingerprint density at radius 1 is 1.40 bits per heavy atom. The quantitative estimate of drug-likeness (QED) is 0.891. The maximum absolute atomic E-state index is 12.5. The number of fused-ring (bicyclic) bond motifs is 2. The minimum Gasteiger partial charge on any atom is -0.349 e. The van der Waals surface area contributed by atoms with Crippen molar-refractivity contribution < 1.29 is 4.79 Å². The second kappa shape index (κ2) is 5.49. The number of nitrogens with two attached hydrogens (primary N) is 1. The largest absolute Gasteiger partial charge is 0.349 e. The van der Waals surface area contributed by atoms with E-state index < -0.39 is 0 Å². The Hall–Kier alpha value is -0.870. The molecule has 4 heteroatoms. The van der Waals surface area contributed by atoms with Crippen molar-refractivity contribution in [1.82, 2.24) is 5.32 Å². The van der Waals surface area contributed by atoms with Crippen LogP contribution in [0.3, 0.4) is 0 Å². The SMILES string of the molecule is CC(NC(=O)C1C2CCC(C2)C1N)c1cccc(Br)c1. The summed E-state index contributed by atoms with van der Waals surface area (Å²) in [5.74, 6) is 1.22. The molecule has 2 saturated carbocycles. The van der Waals surface area contributed by atoms with Gasteiger partial charge in [-0.3, -0.25) is 4.79 Å². The topological polar surface area (TPSA) is 55.1 Å². The van der Waals surface area contributed by atoms with E-state index in [2.05, 4.69) is 21.2 Å². The van der Waals surface area contributed by atoms with E-state index in [4.69, 9.17) is 5.73 Å². The van der Waals surface area contributed by atoms with E-state index in [-0.39, 0.29) is 23.9 Å². The van der Waals surface area contributed by atoms with E-state index in [9.17, 15) is 4.79 Å². The van der Waals surface area contributed by atoms with Gasteiger partial charge < -0.3 is 11.1 Å². The number of halogens is 1. The second-order valence-corrected chi connectivity index (χ2v) is 7.14. The van der Waals surface area contributed by atoms with Crippen LogP contribution in [-0.2, 0) is 4.79 Å². The summed E-state index contributed by atoms with van der Waals surface area (Å²) < 4.78 is 1.03. The number of rotatable bonds is 3. The number of carbonyl (C=O) groups is 1. The van der Waals surface area contributed by atoms with E-state index in [1.165, 1.54) is 12.8 Å². The predicted molar refractivity (Wildman–Crippen MR) is 83.0 cm³/mol. The fourth-order valence-corrected chi connectivity index (χ4v) is 4.31. The monoisotopic (exact) mass is 336 g/mol. The molecule has 1 aromatic carbocycles. The zero-order valence-electron chi connectivity index (χ0n) is 11.7. The van der Waals surface area contributed by atoms with E-state index in [0.717, 1.165) is 16.5 Å². The van der Waals surface area contributed by atoms with Gasteiger partial charge in [-0.25, -0.2) is 0 Å². The van der Waals surface area contributed by atoms with Crippen LogP contribution < -0.4 is 11.1 Å². The molecule has 3 nitrogen and oxygen atoms in total. The van der Waals surface area contributed by atoms with Gasteiger partial charge in [-0.05, 0) is 55.7 Å². The molecule has 5 unspecified atom stereocenters. The standard InChI is InChI=1S/C16H21BrN2O/c1-9(10-3-2-4-13(17)8-10)19-16(20)14-11-5-6-12(7-11)15(14)18/h2-4,8-9,11-12,14-15H,5-7,18H2,1H3,(H,19,20). The highest BCUT2D eigenvalue weighted by Crippen LogP contribution is 2.47. The van der Waals surface area contributed by atoms with Crippen LogP contribution in [0.1, 0.15) is 37.8 Å². The molecule has 0 aliphatic heterocycles. The molecule has 20 heavy (non-hydrogen) atoms. The van der Waals surface area contributed by atoms with Gasteiger partial charge in [0.25, 0.3) is 0 Å². The van der Waals surface area contributed by atoms with Crippen LogP contribution >= 0.6 is 15.9 Å². The molecule has 1 amide bonds. The molecule has 2 aliphatic rings. The minimum absolute atomic E-state index is 0.0170. The summed E-state index contributed by atoms with van der Waals surface area (Å²) in [6, 6.07) is 8.15. The third-order valence-corrected chi connectivity index (χ3v) is 5.48. The Labute approximate surface area is 128 Å². The Bertz CT molecular complexity index is 517.